The average molecular weight is 262 g/mol. The topological polar surface area (TPSA) is 70.5 Å². The molecule has 2 rings (SSSR count). The lowest BCUT2D eigenvalue weighted by molar-refractivity contribution is 0.0690. The highest BCUT2D eigenvalue weighted by Crippen LogP contribution is 2.18. The maximum atomic E-state index is 12.3. The van der Waals surface area contributed by atoms with Gasteiger partial charge in [0.1, 0.15) is 5.69 Å². The van der Waals surface area contributed by atoms with Gasteiger partial charge in [0.05, 0.1) is 0 Å². The molecule has 1 saturated heterocycles. The highest BCUT2D eigenvalue weighted by atomic mass is 16.4. The maximum Gasteiger partial charge on any atom is 0.354 e. The fourth-order valence-corrected chi connectivity index (χ4v) is 2.33. The molecule has 0 spiro atoms. The molecule has 5 heteroatoms. The lowest BCUT2D eigenvalue weighted by atomic mass is 10.0. The normalized spacial score (nSPS) is 19.8. The van der Waals surface area contributed by atoms with E-state index in [2.05, 4.69) is 11.9 Å². The molecule has 0 aliphatic carbocycles. The minimum absolute atomic E-state index is 0.0889. The van der Waals surface area contributed by atoms with Gasteiger partial charge in [-0.25, -0.2) is 9.78 Å². The standard InChI is InChI=1S/C14H18N2O3/c1-10-3-2-7-16(8-5-10)13(17)11-4-6-15-12(9-11)14(18)19/h4,6,9-10H,2-3,5,7-8H2,1H3,(H,18,19). The Hall–Kier alpha value is -1.91. The van der Waals surface area contributed by atoms with Crippen LogP contribution in [-0.4, -0.2) is 40.0 Å². The Morgan fingerprint density at radius 3 is 2.89 bits per heavy atom. The summed E-state index contributed by atoms with van der Waals surface area (Å²) in [6, 6.07) is 2.92. The highest BCUT2D eigenvalue weighted by molar-refractivity contribution is 5.96. The van der Waals surface area contributed by atoms with E-state index in [-0.39, 0.29) is 11.6 Å². The van der Waals surface area contributed by atoms with E-state index in [4.69, 9.17) is 5.11 Å². The molecule has 1 atom stereocenters. The molecule has 2 heterocycles. The van der Waals surface area contributed by atoms with Crippen molar-refractivity contribution < 1.29 is 14.7 Å². The number of hydrogen-bond acceptors (Lipinski definition) is 3. The van der Waals surface area contributed by atoms with E-state index in [0.717, 1.165) is 32.4 Å². The number of carboxylic acid groups (broad SMARTS) is 1. The first-order valence-electron chi connectivity index (χ1n) is 6.56. The zero-order valence-electron chi connectivity index (χ0n) is 11.0. The van der Waals surface area contributed by atoms with Crippen molar-refractivity contribution in [1.29, 1.82) is 0 Å². The second-order valence-corrected chi connectivity index (χ2v) is 5.06. The number of aromatic carboxylic acids is 1. The van der Waals surface area contributed by atoms with E-state index in [1.54, 1.807) is 6.07 Å². The summed E-state index contributed by atoms with van der Waals surface area (Å²) in [5.41, 5.74) is 0.316. The van der Waals surface area contributed by atoms with Crippen LogP contribution < -0.4 is 0 Å². The number of carbonyl (C=O) groups excluding carboxylic acids is 1. The molecular formula is C14H18N2O3. The van der Waals surface area contributed by atoms with E-state index >= 15 is 0 Å². The minimum atomic E-state index is -1.11. The minimum Gasteiger partial charge on any atom is -0.477 e. The molecule has 5 nitrogen and oxygen atoms in total. The number of hydrogen-bond donors (Lipinski definition) is 1. The first-order chi connectivity index (χ1) is 9.08. The number of carbonyl (C=O) groups is 2. The van der Waals surface area contributed by atoms with Crippen molar-refractivity contribution in [3.8, 4) is 0 Å². The van der Waals surface area contributed by atoms with Crippen LogP contribution in [0.2, 0.25) is 0 Å². The predicted octanol–water partition coefficient (Wildman–Crippen LogP) is 2.04. The lowest BCUT2D eigenvalue weighted by Crippen LogP contribution is -2.32. The molecule has 1 aromatic rings. The lowest BCUT2D eigenvalue weighted by Gasteiger charge is -2.20. The largest absolute Gasteiger partial charge is 0.477 e. The van der Waals surface area contributed by atoms with Gasteiger partial charge in [-0.3, -0.25) is 4.79 Å². The fourth-order valence-electron chi connectivity index (χ4n) is 2.33. The number of carboxylic acids is 1. The van der Waals surface area contributed by atoms with Gasteiger partial charge >= 0.3 is 5.97 Å². The van der Waals surface area contributed by atoms with Crippen LogP contribution in [0.25, 0.3) is 0 Å². The quantitative estimate of drug-likeness (QED) is 0.885. The number of amides is 1. The number of pyridine rings is 1. The van der Waals surface area contributed by atoms with Crippen LogP contribution in [0, 0.1) is 5.92 Å². The predicted molar refractivity (Wildman–Crippen MR) is 70.1 cm³/mol. The highest BCUT2D eigenvalue weighted by Gasteiger charge is 2.20. The first-order valence-corrected chi connectivity index (χ1v) is 6.56. The molecule has 1 aliphatic rings. The monoisotopic (exact) mass is 262 g/mol. The molecule has 1 aromatic heterocycles. The number of likely N-dealkylation sites (tertiary alicyclic amines) is 1. The van der Waals surface area contributed by atoms with E-state index in [1.165, 1.54) is 12.3 Å². The van der Waals surface area contributed by atoms with Crippen LogP contribution in [0.15, 0.2) is 18.3 Å². The summed E-state index contributed by atoms with van der Waals surface area (Å²) in [4.78, 5) is 28.7. The van der Waals surface area contributed by atoms with Gasteiger partial charge in [0.25, 0.3) is 5.91 Å². The second-order valence-electron chi connectivity index (χ2n) is 5.06. The Labute approximate surface area is 112 Å². The summed E-state index contributed by atoms with van der Waals surface area (Å²) >= 11 is 0. The van der Waals surface area contributed by atoms with Crippen LogP contribution in [0.4, 0.5) is 0 Å². The zero-order valence-corrected chi connectivity index (χ0v) is 11.0. The summed E-state index contributed by atoms with van der Waals surface area (Å²) in [5.74, 6) is -0.567. The van der Waals surface area contributed by atoms with Crippen LogP contribution in [-0.2, 0) is 0 Å². The van der Waals surface area contributed by atoms with Gasteiger partial charge < -0.3 is 10.0 Å². The number of aromatic nitrogens is 1. The Morgan fingerprint density at radius 1 is 1.37 bits per heavy atom. The van der Waals surface area contributed by atoms with Crippen molar-refractivity contribution in [2.75, 3.05) is 13.1 Å². The van der Waals surface area contributed by atoms with Gasteiger partial charge in [-0.15, -0.1) is 0 Å². The Bertz CT molecular complexity index is 487. The van der Waals surface area contributed by atoms with Gasteiger partial charge in [-0.2, -0.15) is 0 Å². The van der Waals surface area contributed by atoms with Gasteiger partial charge in [0.15, 0.2) is 0 Å². The molecule has 0 radical (unpaired) electrons. The van der Waals surface area contributed by atoms with Crippen molar-refractivity contribution in [1.82, 2.24) is 9.88 Å². The van der Waals surface area contributed by atoms with Crippen molar-refractivity contribution in [2.24, 2.45) is 5.92 Å². The Kier molecular flexibility index (Phi) is 4.14. The molecule has 1 amide bonds. The third-order valence-electron chi connectivity index (χ3n) is 3.53. The van der Waals surface area contributed by atoms with Crippen molar-refractivity contribution in [2.45, 2.75) is 26.2 Å². The first kappa shape index (κ1) is 13.5. The van der Waals surface area contributed by atoms with Crippen LogP contribution >= 0.6 is 0 Å². The van der Waals surface area contributed by atoms with Crippen molar-refractivity contribution in [3.05, 3.63) is 29.6 Å². The van der Waals surface area contributed by atoms with Crippen LogP contribution in [0.5, 0.6) is 0 Å². The molecule has 1 unspecified atom stereocenters. The molecular weight excluding hydrogens is 244 g/mol. The third kappa shape index (κ3) is 3.30. The SMILES string of the molecule is CC1CCCN(C(=O)c2ccnc(C(=O)O)c2)CC1. The van der Waals surface area contributed by atoms with E-state index in [9.17, 15) is 9.59 Å². The number of nitrogens with zero attached hydrogens (tertiary/aromatic N) is 2. The van der Waals surface area contributed by atoms with Crippen molar-refractivity contribution in [3.63, 3.8) is 0 Å². The molecule has 19 heavy (non-hydrogen) atoms. The Morgan fingerprint density at radius 2 is 2.16 bits per heavy atom. The smallest absolute Gasteiger partial charge is 0.354 e. The Balaban J connectivity index is 2.14. The van der Waals surface area contributed by atoms with Crippen molar-refractivity contribution >= 4 is 11.9 Å². The second kappa shape index (κ2) is 5.82. The van der Waals surface area contributed by atoms with Gasteiger partial charge in [-0.1, -0.05) is 6.92 Å². The van der Waals surface area contributed by atoms with E-state index < -0.39 is 5.97 Å². The van der Waals surface area contributed by atoms with Gasteiger partial charge in [-0.05, 0) is 37.3 Å². The maximum absolute atomic E-state index is 12.3. The van der Waals surface area contributed by atoms with E-state index in [0.29, 0.717) is 11.5 Å². The third-order valence-corrected chi connectivity index (χ3v) is 3.53. The fraction of sp³-hybridized carbons (Fsp3) is 0.500. The summed E-state index contributed by atoms with van der Waals surface area (Å²) in [5, 5.41) is 8.89. The van der Waals surface area contributed by atoms with E-state index in [1.807, 2.05) is 4.90 Å². The zero-order chi connectivity index (χ0) is 13.8. The molecule has 1 fully saturated rings. The summed E-state index contributed by atoms with van der Waals surface area (Å²) in [6.45, 7) is 3.68. The summed E-state index contributed by atoms with van der Waals surface area (Å²) < 4.78 is 0. The molecule has 102 valence electrons. The summed E-state index contributed by atoms with van der Waals surface area (Å²) in [6.07, 6.45) is 4.52. The molecule has 1 N–H and O–H groups in total. The van der Waals surface area contributed by atoms with Crippen LogP contribution in [0.1, 0.15) is 47.0 Å². The average Bonchev–Trinajstić information content (AvgIpc) is 2.63. The molecule has 0 bridgehead atoms. The number of rotatable bonds is 2. The van der Waals surface area contributed by atoms with Crippen LogP contribution in [0.3, 0.4) is 0 Å². The summed E-state index contributed by atoms with van der Waals surface area (Å²) in [7, 11) is 0. The molecule has 1 aliphatic heterocycles. The molecule has 0 aromatic carbocycles. The van der Waals surface area contributed by atoms with Gasteiger partial charge in [0, 0.05) is 24.8 Å². The van der Waals surface area contributed by atoms with Gasteiger partial charge in [0.2, 0.25) is 0 Å². The molecule has 0 saturated carbocycles.